The summed E-state index contributed by atoms with van der Waals surface area (Å²) < 4.78 is 37.8. The topological polar surface area (TPSA) is 18.5 Å². The van der Waals surface area contributed by atoms with E-state index in [1.807, 2.05) is 27.7 Å². The second-order valence-electron chi connectivity index (χ2n) is 6.39. The Hall–Kier alpha value is -0.155. The Morgan fingerprint density at radius 2 is 1.65 bits per heavy atom. The molecular formula is C12H21BF2O2. The summed E-state index contributed by atoms with van der Waals surface area (Å²) in [5.74, 6) is -2.45. The fraction of sp³-hybridized carbons (Fsp3) is 1.00. The maximum absolute atomic E-state index is 13.1. The van der Waals surface area contributed by atoms with Crippen molar-refractivity contribution in [2.24, 2.45) is 5.92 Å². The van der Waals surface area contributed by atoms with Crippen molar-refractivity contribution in [2.45, 2.75) is 70.4 Å². The zero-order valence-corrected chi connectivity index (χ0v) is 11.1. The molecule has 1 atom stereocenters. The van der Waals surface area contributed by atoms with Gasteiger partial charge in [0.1, 0.15) is 0 Å². The van der Waals surface area contributed by atoms with Gasteiger partial charge in [0.05, 0.1) is 11.2 Å². The molecule has 2 aliphatic rings. The van der Waals surface area contributed by atoms with Crippen LogP contribution in [-0.2, 0) is 9.31 Å². The molecule has 0 N–H and O–H groups in total. The van der Waals surface area contributed by atoms with E-state index in [1.165, 1.54) is 0 Å². The first-order chi connectivity index (χ1) is 7.61. The van der Waals surface area contributed by atoms with Crippen LogP contribution in [0.4, 0.5) is 8.78 Å². The van der Waals surface area contributed by atoms with E-state index in [4.69, 9.17) is 9.31 Å². The van der Waals surface area contributed by atoms with Crippen molar-refractivity contribution in [3.63, 3.8) is 0 Å². The monoisotopic (exact) mass is 246 g/mol. The van der Waals surface area contributed by atoms with Crippen molar-refractivity contribution >= 4 is 7.12 Å². The number of hydrogen-bond donors (Lipinski definition) is 0. The predicted octanol–water partition coefficient (Wildman–Crippen LogP) is 3.51. The van der Waals surface area contributed by atoms with E-state index in [2.05, 4.69) is 0 Å². The Bertz CT molecular complexity index is 289. The van der Waals surface area contributed by atoms with Gasteiger partial charge in [0.15, 0.2) is 0 Å². The highest BCUT2D eigenvalue weighted by molar-refractivity contribution is 6.45. The van der Waals surface area contributed by atoms with Gasteiger partial charge < -0.3 is 9.31 Å². The Morgan fingerprint density at radius 1 is 1.12 bits per heavy atom. The van der Waals surface area contributed by atoms with Crippen molar-refractivity contribution in [1.29, 1.82) is 0 Å². The van der Waals surface area contributed by atoms with Crippen LogP contribution in [0.15, 0.2) is 0 Å². The third kappa shape index (κ3) is 2.65. The van der Waals surface area contributed by atoms with E-state index in [0.29, 0.717) is 12.7 Å². The average Bonchev–Trinajstić information content (AvgIpc) is 2.51. The van der Waals surface area contributed by atoms with Gasteiger partial charge in [0.25, 0.3) is 0 Å². The molecule has 98 valence electrons. The van der Waals surface area contributed by atoms with Gasteiger partial charge in [-0.15, -0.1) is 0 Å². The van der Waals surface area contributed by atoms with Crippen molar-refractivity contribution in [2.75, 3.05) is 0 Å². The van der Waals surface area contributed by atoms with Crippen molar-refractivity contribution in [1.82, 2.24) is 0 Å². The van der Waals surface area contributed by atoms with Crippen LogP contribution < -0.4 is 0 Å². The summed E-state index contributed by atoms with van der Waals surface area (Å²) in [6, 6.07) is 0. The van der Waals surface area contributed by atoms with E-state index in [0.717, 1.165) is 0 Å². The molecule has 0 radical (unpaired) electrons. The number of halogens is 2. The first kappa shape index (κ1) is 13.3. The molecule has 1 aliphatic heterocycles. The Kier molecular flexibility index (Phi) is 3.06. The SMILES string of the molecule is CC1(C)OB(CC2CCC(F)(F)C2)OC1(C)C. The summed E-state index contributed by atoms with van der Waals surface area (Å²) in [5, 5.41) is 0. The van der Waals surface area contributed by atoms with Crippen molar-refractivity contribution in [3.8, 4) is 0 Å². The van der Waals surface area contributed by atoms with Crippen LogP contribution in [0.3, 0.4) is 0 Å². The highest BCUT2D eigenvalue weighted by atomic mass is 19.3. The van der Waals surface area contributed by atoms with E-state index in [1.54, 1.807) is 0 Å². The molecule has 17 heavy (non-hydrogen) atoms. The van der Waals surface area contributed by atoms with Crippen LogP contribution in [0, 0.1) is 5.92 Å². The molecule has 2 nitrogen and oxygen atoms in total. The maximum Gasteiger partial charge on any atom is 0.458 e. The van der Waals surface area contributed by atoms with Crippen LogP contribution in [-0.4, -0.2) is 24.2 Å². The fourth-order valence-corrected chi connectivity index (χ4v) is 2.58. The Balaban J connectivity index is 1.91. The normalized spacial score (nSPS) is 34.2. The van der Waals surface area contributed by atoms with Gasteiger partial charge in [-0.05, 0) is 46.4 Å². The molecule has 2 fully saturated rings. The lowest BCUT2D eigenvalue weighted by Gasteiger charge is -2.32. The van der Waals surface area contributed by atoms with Crippen LogP contribution in [0.2, 0.25) is 6.32 Å². The maximum atomic E-state index is 13.1. The molecule has 0 aromatic heterocycles. The highest BCUT2D eigenvalue weighted by Gasteiger charge is 2.52. The van der Waals surface area contributed by atoms with Crippen LogP contribution in [0.1, 0.15) is 47.0 Å². The lowest BCUT2D eigenvalue weighted by molar-refractivity contribution is 0.00558. The standard InChI is InChI=1S/C12H21BF2O2/c1-10(2)11(3,4)17-13(16-10)8-9-5-6-12(14,15)7-9/h9H,5-8H2,1-4H3. The fourth-order valence-electron chi connectivity index (χ4n) is 2.58. The van der Waals surface area contributed by atoms with Crippen LogP contribution in [0.25, 0.3) is 0 Å². The van der Waals surface area contributed by atoms with Crippen molar-refractivity contribution in [3.05, 3.63) is 0 Å². The van der Waals surface area contributed by atoms with Gasteiger partial charge >= 0.3 is 7.12 Å². The molecule has 0 spiro atoms. The molecular weight excluding hydrogens is 225 g/mol. The zero-order valence-electron chi connectivity index (χ0n) is 11.1. The highest BCUT2D eigenvalue weighted by Crippen LogP contribution is 2.44. The van der Waals surface area contributed by atoms with E-state index in [9.17, 15) is 8.78 Å². The second kappa shape index (κ2) is 3.92. The summed E-state index contributed by atoms with van der Waals surface area (Å²) in [4.78, 5) is 0. The number of alkyl halides is 2. The van der Waals surface area contributed by atoms with Crippen LogP contribution in [0.5, 0.6) is 0 Å². The molecule has 1 unspecified atom stereocenters. The van der Waals surface area contributed by atoms with Gasteiger partial charge in [0.2, 0.25) is 5.92 Å². The van der Waals surface area contributed by atoms with Gasteiger partial charge in [-0.25, -0.2) is 8.78 Å². The lowest BCUT2D eigenvalue weighted by atomic mass is 9.76. The largest absolute Gasteiger partial charge is 0.458 e. The molecule has 0 bridgehead atoms. The minimum Gasteiger partial charge on any atom is -0.403 e. The van der Waals surface area contributed by atoms with Gasteiger partial charge in [-0.2, -0.15) is 0 Å². The third-order valence-corrected chi connectivity index (χ3v) is 4.33. The minimum absolute atomic E-state index is 0.0111. The minimum atomic E-state index is -2.48. The molecule has 0 amide bonds. The number of rotatable bonds is 2. The molecule has 1 heterocycles. The van der Waals surface area contributed by atoms with E-state index >= 15 is 0 Å². The second-order valence-corrected chi connectivity index (χ2v) is 6.39. The number of hydrogen-bond acceptors (Lipinski definition) is 2. The lowest BCUT2D eigenvalue weighted by Crippen LogP contribution is -2.41. The Morgan fingerprint density at radius 3 is 2.06 bits per heavy atom. The zero-order chi connectivity index (χ0) is 12.9. The molecule has 1 aliphatic carbocycles. The molecule has 5 heteroatoms. The summed E-state index contributed by atoms with van der Waals surface area (Å²) in [7, 11) is -0.334. The van der Waals surface area contributed by atoms with Crippen LogP contribution >= 0.6 is 0 Å². The first-order valence-electron chi connectivity index (χ1n) is 6.35. The van der Waals surface area contributed by atoms with E-state index < -0.39 is 5.92 Å². The summed E-state index contributed by atoms with van der Waals surface area (Å²) in [6.07, 6.45) is 1.16. The molecule has 1 saturated carbocycles. The molecule has 2 rings (SSSR count). The summed E-state index contributed by atoms with van der Waals surface area (Å²) >= 11 is 0. The summed E-state index contributed by atoms with van der Waals surface area (Å²) in [5.41, 5.74) is -0.725. The summed E-state index contributed by atoms with van der Waals surface area (Å²) in [6.45, 7) is 7.93. The molecule has 0 aromatic rings. The Labute approximate surface area is 102 Å². The molecule has 0 aromatic carbocycles. The quantitative estimate of drug-likeness (QED) is 0.694. The smallest absolute Gasteiger partial charge is 0.403 e. The third-order valence-electron chi connectivity index (χ3n) is 4.33. The predicted molar refractivity (Wildman–Crippen MR) is 63.2 cm³/mol. The van der Waals surface area contributed by atoms with Gasteiger partial charge in [-0.3, -0.25) is 0 Å². The van der Waals surface area contributed by atoms with Crippen molar-refractivity contribution < 1.29 is 18.1 Å². The molecule has 1 saturated heterocycles. The average molecular weight is 246 g/mol. The van der Waals surface area contributed by atoms with Gasteiger partial charge in [0, 0.05) is 12.8 Å². The van der Waals surface area contributed by atoms with Gasteiger partial charge in [-0.1, -0.05) is 0 Å². The first-order valence-corrected chi connectivity index (χ1v) is 6.35. The van der Waals surface area contributed by atoms with E-state index in [-0.39, 0.29) is 37.1 Å².